The van der Waals surface area contributed by atoms with Gasteiger partial charge in [-0.3, -0.25) is 10.4 Å². The van der Waals surface area contributed by atoms with Crippen LogP contribution in [0.25, 0.3) is 0 Å². The fraction of sp³-hybridized carbons (Fsp3) is 0.231. The molecule has 6 heteroatoms. The van der Waals surface area contributed by atoms with Gasteiger partial charge < -0.3 is 5.32 Å². The molecule has 0 bridgehead atoms. The number of nitrogens with one attached hydrogen (secondary N) is 3. The highest BCUT2D eigenvalue weighted by Gasteiger charge is 2.07. The Balaban J connectivity index is 1.95. The number of nitrogens with zero attached hydrogens (tertiary/aromatic N) is 1. The van der Waals surface area contributed by atoms with Gasteiger partial charge in [-0.15, -0.1) is 0 Å². The van der Waals surface area contributed by atoms with E-state index in [1.54, 1.807) is 24.3 Å². The topological polar surface area (TPSA) is 69.8 Å². The highest BCUT2D eigenvalue weighted by molar-refractivity contribution is 6.33. The van der Waals surface area contributed by atoms with Crippen LogP contribution in [0.5, 0.6) is 0 Å². The highest BCUT2D eigenvalue weighted by atomic mass is 35.5. The molecule has 0 saturated carbocycles. The molecule has 0 saturated heterocycles. The maximum atomic E-state index is 11.8. The summed E-state index contributed by atoms with van der Waals surface area (Å²) in [6.07, 6.45) is 1.92. The van der Waals surface area contributed by atoms with Gasteiger partial charge in [0.2, 0.25) is 0 Å². The Bertz CT molecular complexity index is 567. The molecule has 0 unspecified atom stereocenters. The van der Waals surface area contributed by atoms with Crippen molar-refractivity contribution in [3.05, 3.63) is 41.0 Å². The third-order valence-electron chi connectivity index (χ3n) is 2.51. The van der Waals surface area contributed by atoms with E-state index in [1.165, 1.54) is 0 Å². The number of hydrogen-bond donors (Lipinski definition) is 3. The van der Waals surface area contributed by atoms with Gasteiger partial charge in [-0.25, -0.2) is 4.79 Å². The molecule has 19 heavy (non-hydrogen) atoms. The van der Waals surface area contributed by atoms with Gasteiger partial charge >= 0.3 is 6.03 Å². The van der Waals surface area contributed by atoms with Crippen LogP contribution in [0.1, 0.15) is 19.0 Å². The Morgan fingerprint density at radius 3 is 2.89 bits per heavy atom. The van der Waals surface area contributed by atoms with Crippen molar-refractivity contribution in [3.63, 3.8) is 0 Å². The van der Waals surface area contributed by atoms with Gasteiger partial charge in [0, 0.05) is 11.8 Å². The summed E-state index contributed by atoms with van der Waals surface area (Å²) < 4.78 is 0. The Hall–Kier alpha value is -2.01. The lowest BCUT2D eigenvalue weighted by Gasteiger charge is -2.06. The van der Waals surface area contributed by atoms with E-state index in [0.29, 0.717) is 16.5 Å². The Labute approximate surface area is 116 Å². The minimum absolute atomic E-state index is 0.373. The molecule has 0 spiro atoms. The van der Waals surface area contributed by atoms with E-state index in [-0.39, 0.29) is 6.03 Å². The standard InChI is InChI=1S/C13H15ClN4O/c1-2-5-9-8-12(18-17-9)16-13(19)15-11-7-4-3-6-10(11)14/h3-4,6-8H,2,5H2,1H3,(H3,15,16,17,18,19). The number of aryl methyl sites for hydroxylation is 1. The van der Waals surface area contributed by atoms with Crippen LogP contribution in [-0.2, 0) is 6.42 Å². The van der Waals surface area contributed by atoms with Gasteiger partial charge in [-0.1, -0.05) is 37.1 Å². The average Bonchev–Trinajstić information content (AvgIpc) is 2.80. The molecule has 100 valence electrons. The van der Waals surface area contributed by atoms with Crippen LogP contribution < -0.4 is 10.6 Å². The SMILES string of the molecule is CCCc1cc(NC(=O)Nc2ccccc2Cl)n[nH]1. The summed E-state index contributed by atoms with van der Waals surface area (Å²) in [5.41, 5.74) is 1.56. The molecule has 0 atom stereocenters. The molecule has 1 heterocycles. The minimum Gasteiger partial charge on any atom is -0.306 e. The van der Waals surface area contributed by atoms with Crippen molar-refractivity contribution in [2.24, 2.45) is 0 Å². The monoisotopic (exact) mass is 278 g/mol. The fourth-order valence-electron chi connectivity index (χ4n) is 1.66. The molecule has 0 radical (unpaired) electrons. The minimum atomic E-state index is -0.373. The first-order chi connectivity index (χ1) is 9.19. The second kappa shape index (κ2) is 6.24. The summed E-state index contributed by atoms with van der Waals surface area (Å²) in [6, 6.07) is 8.49. The normalized spacial score (nSPS) is 10.2. The maximum absolute atomic E-state index is 11.8. The molecule has 0 aliphatic rings. The number of anilines is 2. The van der Waals surface area contributed by atoms with Crippen LogP contribution in [0, 0.1) is 0 Å². The molecule has 0 aliphatic heterocycles. The first-order valence-electron chi connectivity index (χ1n) is 6.06. The van der Waals surface area contributed by atoms with Crippen molar-refractivity contribution in [2.45, 2.75) is 19.8 Å². The van der Waals surface area contributed by atoms with Gasteiger partial charge in [-0.05, 0) is 18.6 Å². The van der Waals surface area contributed by atoms with Crippen LogP contribution in [0.3, 0.4) is 0 Å². The first-order valence-corrected chi connectivity index (χ1v) is 6.43. The molecule has 2 amide bonds. The van der Waals surface area contributed by atoms with Gasteiger partial charge in [-0.2, -0.15) is 5.10 Å². The average molecular weight is 279 g/mol. The molecule has 2 aromatic rings. The number of H-pyrrole nitrogens is 1. The van der Waals surface area contributed by atoms with E-state index in [9.17, 15) is 4.79 Å². The molecule has 1 aromatic heterocycles. The van der Waals surface area contributed by atoms with E-state index >= 15 is 0 Å². The van der Waals surface area contributed by atoms with E-state index in [0.717, 1.165) is 18.5 Å². The third kappa shape index (κ3) is 3.72. The van der Waals surface area contributed by atoms with Gasteiger partial charge in [0.1, 0.15) is 0 Å². The number of hydrogen-bond acceptors (Lipinski definition) is 2. The van der Waals surface area contributed by atoms with Crippen molar-refractivity contribution < 1.29 is 4.79 Å². The molecule has 2 rings (SSSR count). The Morgan fingerprint density at radius 2 is 2.16 bits per heavy atom. The van der Waals surface area contributed by atoms with Gasteiger partial charge in [0.15, 0.2) is 5.82 Å². The second-order valence-electron chi connectivity index (χ2n) is 4.09. The number of halogens is 1. The molecule has 0 fully saturated rings. The first kappa shape index (κ1) is 13.4. The fourth-order valence-corrected chi connectivity index (χ4v) is 1.84. The number of aromatic amines is 1. The zero-order valence-corrected chi connectivity index (χ0v) is 11.3. The molecule has 3 N–H and O–H groups in total. The van der Waals surface area contributed by atoms with Gasteiger partial charge in [0.05, 0.1) is 10.7 Å². The summed E-state index contributed by atoms with van der Waals surface area (Å²) in [4.78, 5) is 11.8. The number of para-hydroxylation sites is 1. The number of benzene rings is 1. The quantitative estimate of drug-likeness (QED) is 0.799. The Morgan fingerprint density at radius 1 is 1.37 bits per heavy atom. The number of carbonyl (C=O) groups is 1. The van der Waals surface area contributed by atoms with Crippen LogP contribution in [0.4, 0.5) is 16.3 Å². The van der Waals surface area contributed by atoms with Crippen molar-refractivity contribution in [1.29, 1.82) is 0 Å². The second-order valence-corrected chi connectivity index (χ2v) is 4.49. The van der Waals surface area contributed by atoms with E-state index in [2.05, 4.69) is 27.8 Å². The lowest BCUT2D eigenvalue weighted by atomic mass is 10.2. The van der Waals surface area contributed by atoms with E-state index in [1.807, 2.05) is 6.07 Å². The summed E-state index contributed by atoms with van der Waals surface area (Å²) in [7, 11) is 0. The largest absolute Gasteiger partial charge is 0.324 e. The predicted molar refractivity (Wildman–Crippen MR) is 76.7 cm³/mol. The molecule has 5 nitrogen and oxygen atoms in total. The number of carbonyl (C=O) groups excluding carboxylic acids is 1. The van der Waals surface area contributed by atoms with E-state index < -0.39 is 0 Å². The van der Waals surface area contributed by atoms with Crippen molar-refractivity contribution >= 4 is 29.1 Å². The van der Waals surface area contributed by atoms with Gasteiger partial charge in [0.25, 0.3) is 0 Å². The summed E-state index contributed by atoms with van der Waals surface area (Å²) in [5.74, 6) is 0.494. The van der Waals surface area contributed by atoms with Crippen molar-refractivity contribution in [2.75, 3.05) is 10.6 Å². The number of rotatable bonds is 4. The van der Waals surface area contributed by atoms with Crippen molar-refractivity contribution in [3.8, 4) is 0 Å². The molecular formula is C13H15ClN4O. The molecular weight excluding hydrogens is 264 g/mol. The highest BCUT2D eigenvalue weighted by Crippen LogP contribution is 2.20. The Kier molecular flexibility index (Phi) is 4.41. The third-order valence-corrected chi connectivity index (χ3v) is 2.84. The molecule has 1 aromatic carbocycles. The summed E-state index contributed by atoms with van der Waals surface area (Å²) >= 11 is 5.95. The van der Waals surface area contributed by atoms with Crippen LogP contribution >= 0.6 is 11.6 Å². The zero-order valence-electron chi connectivity index (χ0n) is 10.5. The number of amides is 2. The summed E-state index contributed by atoms with van der Waals surface area (Å²) in [5, 5.41) is 12.7. The molecule has 0 aliphatic carbocycles. The smallest absolute Gasteiger partial charge is 0.306 e. The number of urea groups is 1. The number of aromatic nitrogens is 2. The summed E-state index contributed by atoms with van der Waals surface area (Å²) in [6.45, 7) is 2.08. The van der Waals surface area contributed by atoms with Crippen LogP contribution in [-0.4, -0.2) is 16.2 Å². The van der Waals surface area contributed by atoms with Crippen LogP contribution in [0.15, 0.2) is 30.3 Å². The lowest BCUT2D eigenvalue weighted by Crippen LogP contribution is -2.19. The zero-order chi connectivity index (χ0) is 13.7. The van der Waals surface area contributed by atoms with Crippen LogP contribution in [0.2, 0.25) is 5.02 Å². The lowest BCUT2D eigenvalue weighted by molar-refractivity contribution is 0.262. The predicted octanol–water partition coefficient (Wildman–Crippen LogP) is 3.66. The van der Waals surface area contributed by atoms with Crippen molar-refractivity contribution in [1.82, 2.24) is 10.2 Å². The van der Waals surface area contributed by atoms with E-state index in [4.69, 9.17) is 11.6 Å². The maximum Gasteiger partial charge on any atom is 0.324 e.